The second kappa shape index (κ2) is 18.7. The van der Waals surface area contributed by atoms with Crippen LogP contribution in [0.15, 0.2) is 64.4 Å². The van der Waals surface area contributed by atoms with Gasteiger partial charge >= 0.3 is 24.3 Å². The fourth-order valence-electron chi connectivity index (χ4n) is 5.93. The number of benzene rings is 2. The number of nitrogens with zero attached hydrogens (tertiary/aromatic N) is 11. The van der Waals surface area contributed by atoms with Crippen LogP contribution in [0.25, 0.3) is 10.7 Å². The Kier molecular flexibility index (Phi) is 13.6. The average molecular weight is 947 g/mol. The van der Waals surface area contributed by atoms with Crippen LogP contribution in [0, 0.1) is 0 Å². The van der Waals surface area contributed by atoms with Gasteiger partial charge in [0.25, 0.3) is 0 Å². The van der Waals surface area contributed by atoms with E-state index in [1.165, 1.54) is 39.5 Å². The van der Waals surface area contributed by atoms with Crippen LogP contribution in [0.5, 0.6) is 0 Å². The summed E-state index contributed by atoms with van der Waals surface area (Å²) in [6, 6.07) is 9.85. The molecule has 0 atom stereocenters. The highest BCUT2D eigenvalue weighted by Crippen LogP contribution is 2.39. The molecule has 2 aliphatic rings. The molecule has 0 radical (unpaired) electrons. The number of amidine groups is 1. The summed E-state index contributed by atoms with van der Waals surface area (Å²) in [5.41, 5.74) is 6.64. The summed E-state index contributed by atoms with van der Waals surface area (Å²) in [6.45, 7) is 3.82. The van der Waals surface area contributed by atoms with Crippen LogP contribution in [0.2, 0.25) is 0 Å². The van der Waals surface area contributed by atoms with E-state index in [1.807, 2.05) is 17.0 Å². The number of tetrazole rings is 1. The molecule has 0 saturated carbocycles. The van der Waals surface area contributed by atoms with Gasteiger partial charge in [0.15, 0.2) is 22.6 Å². The minimum absolute atomic E-state index is 0.109. The predicted octanol–water partition coefficient (Wildman–Crippen LogP) is 4.77. The van der Waals surface area contributed by atoms with Gasteiger partial charge in [-0.1, -0.05) is 44.7 Å². The largest absolute Gasteiger partial charge is 0.480 e. The summed E-state index contributed by atoms with van der Waals surface area (Å²) in [7, 11) is 0. The molecule has 0 unspecified atom stereocenters. The second-order valence-corrected chi connectivity index (χ2v) is 15.9. The van der Waals surface area contributed by atoms with Crippen LogP contribution < -0.4 is 30.8 Å². The summed E-state index contributed by atoms with van der Waals surface area (Å²) in [4.78, 5) is 39.9. The zero-order valence-corrected chi connectivity index (χ0v) is 34.2. The summed E-state index contributed by atoms with van der Waals surface area (Å²) < 4.78 is 80.0. The van der Waals surface area contributed by atoms with Crippen molar-refractivity contribution in [3.8, 4) is 10.7 Å². The summed E-state index contributed by atoms with van der Waals surface area (Å²) in [6.07, 6.45) is -6.66. The van der Waals surface area contributed by atoms with Gasteiger partial charge in [0.2, 0.25) is 5.82 Å². The number of nitrogens with two attached hydrogens (primary N) is 1. The molecule has 2 aromatic carbocycles. The van der Waals surface area contributed by atoms with E-state index in [2.05, 4.69) is 73.8 Å². The van der Waals surface area contributed by atoms with E-state index >= 15 is 0 Å². The topological polar surface area (TPSA) is 207 Å². The Balaban J connectivity index is 0.000000209. The molecule has 0 spiro atoms. The van der Waals surface area contributed by atoms with Crippen molar-refractivity contribution in [2.24, 2.45) is 10.8 Å². The number of carbonyl (C=O) groups is 2. The van der Waals surface area contributed by atoms with Crippen molar-refractivity contribution in [2.45, 2.75) is 18.9 Å². The Morgan fingerprint density at radius 2 is 1.35 bits per heavy atom. The number of hydrogen-bond acceptors (Lipinski definition) is 15. The highest BCUT2D eigenvalue weighted by molar-refractivity contribution is 9.10. The molecule has 5 heterocycles. The van der Waals surface area contributed by atoms with Crippen molar-refractivity contribution >= 4 is 78.0 Å². The number of carboxylic acid groups (broad SMARTS) is 2. The number of halogens is 7. The number of aliphatic carboxylic acids is 2. The minimum Gasteiger partial charge on any atom is -0.480 e. The molecule has 26 heteroatoms. The average Bonchev–Trinajstić information content (AvgIpc) is 3.99. The van der Waals surface area contributed by atoms with Gasteiger partial charge in [-0.3, -0.25) is 15.0 Å². The fraction of sp³-hybridized carbons (Fsp3) is 0.353. The molecule has 0 amide bonds. The van der Waals surface area contributed by atoms with Crippen LogP contribution in [0.1, 0.15) is 16.0 Å². The Bertz CT molecular complexity index is 2270. The Morgan fingerprint density at radius 1 is 0.783 bits per heavy atom. The molecule has 0 bridgehead atoms. The van der Waals surface area contributed by atoms with Gasteiger partial charge in [0.1, 0.15) is 6.54 Å². The smallest absolute Gasteiger partial charge is 0.416 e. The molecule has 2 aliphatic heterocycles. The normalized spacial score (nSPS) is 15.2. The van der Waals surface area contributed by atoms with Gasteiger partial charge in [0, 0.05) is 68.2 Å². The quantitative estimate of drug-likeness (QED) is 0.0609. The van der Waals surface area contributed by atoms with Crippen molar-refractivity contribution in [3.05, 3.63) is 75.3 Å². The van der Waals surface area contributed by atoms with Crippen LogP contribution in [0.3, 0.4) is 0 Å². The van der Waals surface area contributed by atoms with Gasteiger partial charge in [-0.25, -0.2) is 9.97 Å². The van der Waals surface area contributed by atoms with E-state index in [4.69, 9.17) is 15.9 Å². The number of thiazole rings is 2. The summed E-state index contributed by atoms with van der Waals surface area (Å²) in [5, 5.41) is 34.1. The Hall–Kier alpha value is -5.76. The first-order chi connectivity index (χ1) is 28.4. The lowest BCUT2D eigenvalue weighted by molar-refractivity contribution is -0.143. The van der Waals surface area contributed by atoms with Crippen LogP contribution in [-0.2, 0) is 28.5 Å². The van der Waals surface area contributed by atoms with Crippen molar-refractivity contribution < 1.29 is 46.1 Å². The van der Waals surface area contributed by atoms with E-state index in [1.54, 1.807) is 6.20 Å². The lowest BCUT2D eigenvalue weighted by Gasteiger charge is -2.36. The monoisotopic (exact) mass is 945 g/mol. The van der Waals surface area contributed by atoms with Gasteiger partial charge < -0.3 is 35.5 Å². The predicted molar refractivity (Wildman–Crippen MR) is 214 cm³/mol. The molecule has 2 fully saturated rings. The minimum atomic E-state index is -4.91. The van der Waals surface area contributed by atoms with Gasteiger partial charge in [-0.15, -0.1) is 10.2 Å². The van der Waals surface area contributed by atoms with Crippen LogP contribution >= 0.6 is 38.6 Å². The van der Waals surface area contributed by atoms with Crippen molar-refractivity contribution in [1.82, 2.24) is 35.6 Å². The second-order valence-electron chi connectivity index (χ2n) is 13.0. The first kappa shape index (κ1) is 43.8. The number of carboxylic acids is 2. The number of rotatable bonds is 11. The SMILES string of the molecule is N/C(=N\NCC(=O)O)c1cnc(N2CCN(c3cccc(Br)c3)CC2)s1.O=C(O)Cn1nnc(-c2cnc(N3CCN(c4cc(C(F)(F)F)cc(C(F)(F)F)c4)CC3)s2)n1. The summed E-state index contributed by atoms with van der Waals surface area (Å²) in [5.74, 6) is -1.69. The number of nitrogens with one attached hydrogen (secondary N) is 1. The van der Waals surface area contributed by atoms with Gasteiger partial charge in [0.05, 0.1) is 33.3 Å². The number of hydrazone groups is 1. The standard InChI is InChI=1S/C18H15F6N7O2S.C16H19BrN6O2S/c19-17(20,21)10-5-11(18(22,23)24)7-12(6-10)29-1-3-30(4-2-29)16-25-8-13(34-16)15-26-28-31(27-15)9-14(32)33;17-11-2-1-3-12(8-11)22-4-6-23(7-5-22)16-19-9-13(26-16)15(18)21-20-10-14(24)25/h5-8H,1-4,9H2,(H,32,33);1-3,8-9,20H,4-7,10H2,(H2,18,21)(H,24,25). The Labute approximate surface area is 352 Å². The van der Waals surface area contributed by atoms with E-state index < -0.39 is 42.0 Å². The molecule has 5 N–H and O–H groups in total. The molecular weight excluding hydrogens is 912 g/mol. The molecule has 7 rings (SSSR count). The zero-order chi connectivity index (χ0) is 43.2. The molecule has 3 aromatic heterocycles. The maximum atomic E-state index is 13.1. The Morgan fingerprint density at radius 3 is 1.92 bits per heavy atom. The zero-order valence-electron chi connectivity index (χ0n) is 30.9. The molecule has 60 heavy (non-hydrogen) atoms. The molecule has 320 valence electrons. The van der Waals surface area contributed by atoms with Gasteiger partial charge in [-0.2, -0.15) is 36.2 Å². The highest BCUT2D eigenvalue weighted by atomic mass is 79.9. The fourth-order valence-corrected chi connectivity index (χ4v) is 8.08. The number of alkyl halides is 6. The lowest BCUT2D eigenvalue weighted by atomic mass is 10.1. The third-order valence-corrected chi connectivity index (χ3v) is 11.5. The van der Waals surface area contributed by atoms with Crippen molar-refractivity contribution in [1.29, 1.82) is 0 Å². The first-order valence-corrected chi connectivity index (χ1v) is 20.1. The van der Waals surface area contributed by atoms with Crippen LogP contribution in [0.4, 0.5) is 48.0 Å². The van der Waals surface area contributed by atoms with E-state index in [-0.39, 0.29) is 43.0 Å². The first-order valence-electron chi connectivity index (χ1n) is 17.7. The molecular formula is C34H34BrF6N13O4S2. The number of piperazine rings is 2. The third-order valence-electron chi connectivity index (χ3n) is 8.83. The van der Waals surface area contributed by atoms with E-state index in [0.717, 1.165) is 52.7 Å². The number of anilines is 4. The van der Waals surface area contributed by atoms with Crippen molar-refractivity contribution in [3.63, 3.8) is 0 Å². The molecule has 2 saturated heterocycles. The molecule has 0 aliphatic carbocycles. The third kappa shape index (κ3) is 11.5. The maximum absolute atomic E-state index is 13.1. The highest BCUT2D eigenvalue weighted by Gasteiger charge is 2.38. The van der Waals surface area contributed by atoms with Crippen molar-refractivity contribution in [2.75, 3.05) is 78.5 Å². The van der Waals surface area contributed by atoms with Gasteiger partial charge in [-0.05, 0) is 41.6 Å². The number of hydrogen-bond donors (Lipinski definition) is 4. The lowest BCUT2D eigenvalue weighted by Crippen LogP contribution is -2.46. The maximum Gasteiger partial charge on any atom is 0.416 e. The van der Waals surface area contributed by atoms with E-state index in [9.17, 15) is 35.9 Å². The summed E-state index contributed by atoms with van der Waals surface area (Å²) >= 11 is 6.17. The molecule has 5 aromatic rings. The van der Waals surface area contributed by atoms with Crippen LogP contribution in [-0.4, -0.2) is 117 Å². The molecule has 17 nitrogen and oxygen atoms in total. The van der Waals surface area contributed by atoms with E-state index in [0.29, 0.717) is 28.0 Å². The number of aromatic nitrogens is 6.